The van der Waals surface area contributed by atoms with Crippen LogP contribution in [0.4, 0.5) is 5.69 Å². The van der Waals surface area contributed by atoms with Crippen molar-refractivity contribution in [2.75, 3.05) is 18.4 Å². The number of nitrogens with zero attached hydrogens (tertiary/aromatic N) is 2. The van der Waals surface area contributed by atoms with E-state index in [-0.39, 0.29) is 11.8 Å². The lowest BCUT2D eigenvalue weighted by molar-refractivity contribution is 0.0749. The number of benzene rings is 1. The zero-order valence-corrected chi connectivity index (χ0v) is 15.8. The van der Waals surface area contributed by atoms with Crippen molar-refractivity contribution in [3.8, 4) is 0 Å². The number of rotatable bonds is 8. The van der Waals surface area contributed by atoms with Crippen LogP contribution in [0.15, 0.2) is 42.6 Å². The molecule has 0 radical (unpaired) electrons. The summed E-state index contributed by atoms with van der Waals surface area (Å²) < 4.78 is 0. The number of aryl methyl sites for hydroxylation is 1. The molecule has 0 aliphatic carbocycles. The van der Waals surface area contributed by atoms with E-state index in [1.807, 2.05) is 38.1 Å². The van der Waals surface area contributed by atoms with Crippen LogP contribution in [0.1, 0.15) is 60.0 Å². The molecule has 1 heterocycles. The highest BCUT2D eigenvalue weighted by Crippen LogP contribution is 2.13. The number of aromatic nitrogens is 1. The van der Waals surface area contributed by atoms with Crippen LogP contribution in [0, 0.1) is 0 Å². The minimum Gasteiger partial charge on any atom is -0.337 e. The quantitative estimate of drug-likeness (QED) is 0.775. The van der Waals surface area contributed by atoms with Crippen molar-refractivity contribution < 1.29 is 9.59 Å². The van der Waals surface area contributed by atoms with Crippen molar-refractivity contribution in [1.29, 1.82) is 0 Å². The molecule has 0 spiro atoms. The predicted molar refractivity (Wildman–Crippen MR) is 104 cm³/mol. The smallest absolute Gasteiger partial charge is 0.272 e. The summed E-state index contributed by atoms with van der Waals surface area (Å²) in [5.74, 6) is -0.376. The molecule has 138 valence electrons. The van der Waals surface area contributed by atoms with Gasteiger partial charge in [-0.3, -0.25) is 14.6 Å². The SMILES string of the molecule is CCCN(CCC)C(=O)c1cc(C(=O)Nc2ccc(CC)cc2)ccn1. The molecule has 26 heavy (non-hydrogen) atoms. The second-order valence-corrected chi connectivity index (χ2v) is 6.23. The fourth-order valence-electron chi connectivity index (χ4n) is 2.73. The molecule has 0 saturated heterocycles. The van der Waals surface area contributed by atoms with E-state index in [1.165, 1.54) is 11.8 Å². The summed E-state index contributed by atoms with van der Waals surface area (Å²) in [7, 11) is 0. The Morgan fingerprint density at radius 2 is 1.65 bits per heavy atom. The Morgan fingerprint density at radius 3 is 2.23 bits per heavy atom. The van der Waals surface area contributed by atoms with Crippen LogP contribution < -0.4 is 5.32 Å². The molecule has 1 N–H and O–H groups in total. The average molecular weight is 353 g/mol. The van der Waals surface area contributed by atoms with Gasteiger partial charge in [-0.2, -0.15) is 0 Å². The number of hydrogen-bond donors (Lipinski definition) is 1. The first-order valence-electron chi connectivity index (χ1n) is 9.24. The van der Waals surface area contributed by atoms with Gasteiger partial charge in [0.25, 0.3) is 11.8 Å². The normalized spacial score (nSPS) is 10.4. The Kier molecular flexibility index (Phi) is 7.33. The number of nitrogens with one attached hydrogen (secondary N) is 1. The van der Waals surface area contributed by atoms with E-state index in [9.17, 15) is 9.59 Å². The van der Waals surface area contributed by atoms with Crippen LogP contribution in [0.25, 0.3) is 0 Å². The number of pyridine rings is 1. The maximum absolute atomic E-state index is 12.7. The van der Waals surface area contributed by atoms with Crippen molar-refractivity contribution in [1.82, 2.24) is 9.88 Å². The number of hydrogen-bond acceptors (Lipinski definition) is 3. The summed E-state index contributed by atoms with van der Waals surface area (Å²) in [5, 5.41) is 2.86. The first-order valence-corrected chi connectivity index (χ1v) is 9.24. The summed E-state index contributed by atoms with van der Waals surface area (Å²) in [6, 6.07) is 10.9. The average Bonchev–Trinajstić information content (AvgIpc) is 2.68. The zero-order chi connectivity index (χ0) is 18.9. The van der Waals surface area contributed by atoms with Crippen molar-refractivity contribution >= 4 is 17.5 Å². The van der Waals surface area contributed by atoms with Gasteiger partial charge in [0.15, 0.2) is 0 Å². The summed E-state index contributed by atoms with van der Waals surface area (Å²) in [6.45, 7) is 7.54. The summed E-state index contributed by atoms with van der Waals surface area (Å²) >= 11 is 0. The van der Waals surface area contributed by atoms with E-state index in [1.54, 1.807) is 17.0 Å². The van der Waals surface area contributed by atoms with Gasteiger partial charge in [-0.25, -0.2) is 0 Å². The molecule has 0 atom stereocenters. The lowest BCUT2D eigenvalue weighted by Crippen LogP contribution is -2.33. The third kappa shape index (κ3) is 5.15. The van der Waals surface area contributed by atoms with E-state index in [0.717, 1.165) is 24.9 Å². The van der Waals surface area contributed by atoms with Gasteiger partial charge in [-0.1, -0.05) is 32.9 Å². The van der Waals surface area contributed by atoms with E-state index in [0.29, 0.717) is 24.3 Å². The molecule has 0 fully saturated rings. The van der Waals surface area contributed by atoms with E-state index >= 15 is 0 Å². The van der Waals surface area contributed by atoms with Crippen molar-refractivity contribution in [2.24, 2.45) is 0 Å². The second kappa shape index (κ2) is 9.70. The number of carbonyl (C=O) groups excluding carboxylic acids is 2. The molecular weight excluding hydrogens is 326 g/mol. The molecule has 2 rings (SSSR count). The number of anilines is 1. The topological polar surface area (TPSA) is 62.3 Å². The van der Waals surface area contributed by atoms with Crippen molar-refractivity contribution in [3.05, 3.63) is 59.4 Å². The molecule has 0 unspecified atom stereocenters. The minimum absolute atomic E-state index is 0.129. The van der Waals surface area contributed by atoms with Crippen LogP contribution in [0.3, 0.4) is 0 Å². The molecular formula is C21H27N3O2. The molecule has 1 aromatic heterocycles. The standard InChI is InChI=1S/C21H27N3O2/c1-4-13-24(14-5-2)21(26)19-15-17(11-12-22-19)20(25)23-18-9-7-16(6-3)8-10-18/h7-12,15H,4-6,13-14H2,1-3H3,(H,23,25). The molecule has 1 aromatic carbocycles. The zero-order valence-electron chi connectivity index (χ0n) is 15.8. The molecule has 0 aliphatic heterocycles. The highest BCUT2D eigenvalue weighted by molar-refractivity contribution is 6.05. The van der Waals surface area contributed by atoms with Crippen LogP contribution >= 0.6 is 0 Å². The second-order valence-electron chi connectivity index (χ2n) is 6.23. The maximum Gasteiger partial charge on any atom is 0.272 e. The monoisotopic (exact) mass is 353 g/mol. The Hall–Kier alpha value is -2.69. The Labute approximate surface area is 155 Å². The maximum atomic E-state index is 12.7. The summed E-state index contributed by atoms with van der Waals surface area (Å²) in [4.78, 5) is 31.1. The van der Waals surface area contributed by atoms with E-state index in [2.05, 4.69) is 17.2 Å². The van der Waals surface area contributed by atoms with E-state index < -0.39 is 0 Å². The van der Waals surface area contributed by atoms with Gasteiger partial charge in [0, 0.05) is 30.5 Å². The van der Waals surface area contributed by atoms with Gasteiger partial charge in [0.1, 0.15) is 5.69 Å². The molecule has 0 bridgehead atoms. The van der Waals surface area contributed by atoms with Crippen molar-refractivity contribution in [3.63, 3.8) is 0 Å². The minimum atomic E-state index is -0.247. The largest absolute Gasteiger partial charge is 0.337 e. The highest BCUT2D eigenvalue weighted by Gasteiger charge is 2.17. The van der Waals surface area contributed by atoms with Gasteiger partial charge in [0.2, 0.25) is 0 Å². The van der Waals surface area contributed by atoms with Crippen molar-refractivity contribution in [2.45, 2.75) is 40.0 Å². The molecule has 0 aliphatic rings. The summed E-state index contributed by atoms with van der Waals surface area (Å²) in [5.41, 5.74) is 2.68. The van der Waals surface area contributed by atoms with Gasteiger partial charge in [-0.15, -0.1) is 0 Å². The van der Waals surface area contributed by atoms with Gasteiger partial charge < -0.3 is 10.2 Å². The third-order valence-electron chi connectivity index (χ3n) is 4.14. The van der Waals surface area contributed by atoms with Gasteiger partial charge in [0.05, 0.1) is 0 Å². The molecule has 2 amide bonds. The first-order chi connectivity index (χ1) is 12.6. The van der Waals surface area contributed by atoms with E-state index in [4.69, 9.17) is 0 Å². The molecule has 5 heteroatoms. The van der Waals surface area contributed by atoms with Gasteiger partial charge >= 0.3 is 0 Å². The third-order valence-corrected chi connectivity index (χ3v) is 4.14. The Balaban J connectivity index is 2.13. The lowest BCUT2D eigenvalue weighted by Gasteiger charge is -2.21. The molecule has 0 saturated carbocycles. The van der Waals surface area contributed by atoms with Crippen LogP contribution in [0.5, 0.6) is 0 Å². The fourth-order valence-corrected chi connectivity index (χ4v) is 2.73. The van der Waals surface area contributed by atoms with Crippen LogP contribution in [-0.4, -0.2) is 34.8 Å². The molecule has 2 aromatic rings. The summed E-state index contributed by atoms with van der Waals surface area (Å²) in [6.07, 6.45) is 4.24. The first kappa shape index (κ1) is 19.6. The highest BCUT2D eigenvalue weighted by atomic mass is 16.2. The lowest BCUT2D eigenvalue weighted by atomic mass is 10.1. The fraction of sp³-hybridized carbons (Fsp3) is 0.381. The van der Waals surface area contributed by atoms with Gasteiger partial charge in [-0.05, 0) is 49.1 Å². The Bertz CT molecular complexity index is 735. The number of carbonyl (C=O) groups is 2. The Morgan fingerprint density at radius 1 is 1.00 bits per heavy atom. The van der Waals surface area contributed by atoms with Crippen LogP contribution in [0.2, 0.25) is 0 Å². The molecule has 5 nitrogen and oxygen atoms in total. The van der Waals surface area contributed by atoms with Crippen LogP contribution in [-0.2, 0) is 6.42 Å². The predicted octanol–water partition coefficient (Wildman–Crippen LogP) is 4.16. The number of amides is 2.